The molecule has 0 radical (unpaired) electrons. The van der Waals surface area contributed by atoms with Gasteiger partial charge >= 0.3 is 11.8 Å². The van der Waals surface area contributed by atoms with E-state index in [9.17, 15) is 14.4 Å². The number of nitrogens with one attached hydrogen (secondary N) is 1. The molecule has 0 bridgehead atoms. The lowest BCUT2D eigenvalue weighted by atomic mass is 9.81. The van der Waals surface area contributed by atoms with E-state index in [-0.39, 0.29) is 35.9 Å². The number of carbonyl (C=O) groups excluding carboxylic acids is 3. The van der Waals surface area contributed by atoms with E-state index in [1.54, 1.807) is 18.2 Å². The summed E-state index contributed by atoms with van der Waals surface area (Å²) in [4.78, 5) is 40.9. The molecular weight excluding hydrogens is 468 g/mol. The molecule has 0 aromatic heterocycles. The van der Waals surface area contributed by atoms with Crippen LogP contribution >= 0.6 is 0 Å². The number of benzene rings is 2. The summed E-state index contributed by atoms with van der Waals surface area (Å²) in [5.74, 6) is -2.47. The van der Waals surface area contributed by atoms with Crippen LogP contribution in [0.2, 0.25) is 0 Å². The van der Waals surface area contributed by atoms with Gasteiger partial charge in [-0.2, -0.15) is 0 Å². The number of rotatable bonds is 11. The summed E-state index contributed by atoms with van der Waals surface area (Å²) in [7, 11) is 0. The van der Waals surface area contributed by atoms with Gasteiger partial charge in [0.05, 0.1) is 11.1 Å². The first kappa shape index (κ1) is 26.7. The summed E-state index contributed by atoms with van der Waals surface area (Å²) in [6.45, 7) is 8.24. The van der Waals surface area contributed by atoms with E-state index >= 15 is 0 Å². The average molecular weight is 507 g/mol. The smallest absolute Gasteiger partial charge is 0.317 e. The van der Waals surface area contributed by atoms with Crippen molar-refractivity contribution in [3.05, 3.63) is 58.7 Å². The third kappa shape index (κ3) is 4.38. The Labute approximate surface area is 219 Å². The van der Waals surface area contributed by atoms with Crippen molar-refractivity contribution in [3.8, 4) is 5.75 Å². The van der Waals surface area contributed by atoms with E-state index in [0.717, 1.165) is 31.2 Å². The van der Waals surface area contributed by atoms with Crippen LogP contribution in [0.4, 0.5) is 5.69 Å². The first-order valence-electron chi connectivity index (χ1n) is 13.5. The Morgan fingerprint density at radius 3 is 2.38 bits per heavy atom. The first-order valence-corrected chi connectivity index (χ1v) is 13.5. The number of nitrogens with two attached hydrogens (primary N) is 1. The highest BCUT2D eigenvalue weighted by Crippen LogP contribution is 2.61. The molecule has 1 amide bonds. The Morgan fingerprint density at radius 2 is 1.70 bits per heavy atom. The summed E-state index contributed by atoms with van der Waals surface area (Å²) in [5, 5.41) is 3.01. The normalized spacial score (nSPS) is 21.3. The second kappa shape index (κ2) is 10.6. The van der Waals surface area contributed by atoms with E-state index in [1.807, 2.05) is 18.2 Å². The van der Waals surface area contributed by atoms with Crippen LogP contribution in [0.5, 0.6) is 5.75 Å². The number of hydrogen-bond donors (Lipinski definition) is 2. The van der Waals surface area contributed by atoms with Crippen molar-refractivity contribution in [2.75, 3.05) is 5.73 Å². The molecule has 37 heavy (non-hydrogen) atoms. The van der Waals surface area contributed by atoms with E-state index < -0.39 is 23.1 Å². The minimum Gasteiger partial charge on any atom is -0.445 e. The Morgan fingerprint density at radius 1 is 1.00 bits per heavy atom. The molecule has 7 heteroatoms. The second-order valence-electron chi connectivity index (χ2n) is 10.4. The number of esters is 1. The molecule has 7 nitrogen and oxygen atoms in total. The van der Waals surface area contributed by atoms with Gasteiger partial charge < -0.3 is 20.5 Å². The molecule has 2 aliphatic rings. The lowest BCUT2D eigenvalue weighted by molar-refractivity contribution is -0.216. The van der Waals surface area contributed by atoms with Gasteiger partial charge in [0, 0.05) is 24.1 Å². The maximum atomic E-state index is 14.3. The Hall–Kier alpha value is -3.35. The van der Waals surface area contributed by atoms with Crippen LogP contribution < -0.4 is 15.8 Å². The summed E-state index contributed by atoms with van der Waals surface area (Å²) >= 11 is 0. The van der Waals surface area contributed by atoms with E-state index in [2.05, 4.69) is 33.0 Å². The molecule has 2 aromatic rings. The minimum absolute atomic E-state index is 0.179. The highest BCUT2D eigenvalue weighted by atomic mass is 16.7. The van der Waals surface area contributed by atoms with Crippen molar-refractivity contribution < 1.29 is 23.9 Å². The fourth-order valence-corrected chi connectivity index (χ4v) is 5.41. The molecule has 4 rings (SSSR count). The van der Waals surface area contributed by atoms with E-state index in [4.69, 9.17) is 15.2 Å². The molecule has 2 unspecified atom stereocenters. The molecule has 0 saturated heterocycles. The van der Waals surface area contributed by atoms with Gasteiger partial charge in [-0.3, -0.25) is 14.4 Å². The number of nitrogen functional groups attached to an aromatic ring is 1. The van der Waals surface area contributed by atoms with Crippen LogP contribution in [0.3, 0.4) is 0 Å². The SMILES string of the molecule is CCCCCC(=O)NC12C(=O)c3c(N)cccc3C1(OC(=O)CCCCC)Oc1cc(C(C)C)ccc12. The number of Topliss-reactive ketones (excluding diaryl/α,β-unsaturated/α-hetero) is 1. The van der Waals surface area contributed by atoms with Gasteiger partial charge in [0.1, 0.15) is 5.75 Å². The molecule has 2 atom stereocenters. The molecule has 1 aliphatic carbocycles. The minimum atomic E-state index is -1.88. The van der Waals surface area contributed by atoms with Gasteiger partial charge in [0.25, 0.3) is 0 Å². The molecular formula is C30H38N2O5. The molecule has 0 fully saturated rings. The van der Waals surface area contributed by atoms with Gasteiger partial charge in [0.15, 0.2) is 0 Å². The Bertz CT molecular complexity index is 1210. The van der Waals surface area contributed by atoms with Gasteiger partial charge in [-0.15, -0.1) is 0 Å². The lowest BCUT2D eigenvalue weighted by Crippen LogP contribution is -2.61. The van der Waals surface area contributed by atoms with E-state index in [1.165, 1.54) is 0 Å². The Balaban J connectivity index is 1.89. The maximum absolute atomic E-state index is 14.3. The lowest BCUT2D eigenvalue weighted by Gasteiger charge is -2.37. The number of ether oxygens (including phenoxy) is 2. The van der Waals surface area contributed by atoms with Crippen molar-refractivity contribution in [3.63, 3.8) is 0 Å². The number of anilines is 1. The van der Waals surface area contributed by atoms with Crippen molar-refractivity contribution in [2.45, 2.75) is 96.3 Å². The molecule has 3 N–H and O–H groups in total. The molecule has 0 saturated carbocycles. The quantitative estimate of drug-likeness (QED) is 0.225. The van der Waals surface area contributed by atoms with Crippen molar-refractivity contribution in [1.82, 2.24) is 5.32 Å². The fourth-order valence-electron chi connectivity index (χ4n) is 5.41. The molecule has 1 aliphatic heterocycles. The van der Waals surface area contributed by atoms with Gasteiger partial charge in [0.2, 0.25) is 17.2 Å². The van der Waals surface area contributed by atoms with Crippen LogP contribution in [0.15, 0.2) is 36.4 Å². The number of ketones is 1. The summed E-state index contributed by atoms with van der Waals surface area (Å²) < 4.78 is 12.7. The predicted molar refractivity (Wildman–Crippen MR) is 142 cm³/mol. The van der Waals surface area contributed by atoms with E-state index in [0.29, 0.717) is 29.7 Å². The zero-order valence-corrected chi connectivity index (χ0v) is 22.3. The van der Waals surface area contributed by atoms with Gasteiger partial charge in [-0.25, -0.2) is 0 Å². The predicted octanol–water partition coefficient (Wildman–Crippen LogP) is 5.85. The number of carbonyl (C=O) groups is 3. The highest BCUT2D eigenvalue weighted by Gasteiger charge is 2.75. The molecule has 2 aromatic carbocycles. The third-order valence-corrected chi connectivity index (χ3v) is 7.42. The van der Waals surface area contributed by atoms with Crippen molar-refractivity contribution >= 4 is 23.3 Å². The summed E-state index contributed by atoms with van der Waals surface area (Å²) in [6.07, 6.45) is 5.45. The molecule has 198 valence electrons. The maximum Gasteiger partial charge on any atom is 0.317 e. The number of hydrogen-bond acceptors (Lipinski definition) is 6. The van der Waals surface area contributed by atoms with Crippen molar-refractivity contribution in [1.29, 1.82) is 0 Å². The van der Waals surface area contributed by atoms with Crippen molar-refractivity contribution in [2.24, 2.45) is 0 Å². The molecule has 1 heterocycles. The van der Waals surface area contributed by atoms with Crippen LogP contribution in [0.1, 0.15) is 112 Å². The first-order chi connectivity index (χ1) is 17.7. The zero-order chi connectivity index (χ0) is 26.8. The monoisotopic (exact) mass is 506 g/mol. The third-order valence-electron chi connectivity index (χ3n) is 7.42. The largest absolute Gasteiger partial charge is 0.445 e. The second-order valence-corrected chi connectivity index (χ2v) is 10.4. The average Bonchev–Trinajstić information content (AvgIpc) is 3.23. The van der Waals surface area contributed by atoms with Crippen LogP contribution in [0, 0.1) is 0 Å². The van der Waals surface area contributed by atoms with Gasteiger partial charge in [-0.05, 0) is 36.5 Å². The highest BCUT2D eigenvalue weighted by molar-refractivity contribution is 6.15. The fraction of sp³-hybridized carbons (Fsp3) is 0.500. The van der Waals surface area contributed by atoms with Crippen LogP contribution in [-0.2, 0) is 25.7 Å². The zero-order valence-electron chi connectivity index (χ0n) is 22.3. The summed E-state index contributed by atoms with van der Waals surface area (Å²) in [5.41, 5.74) is 6.84. The number of fused-ring (bicyclic) bond motifs is 5. The number of amides is 1. The Kier molecular flexibility index (Phi) is 7.62. The number of unbranched alkanes of at least 4 members (excludes halogenated alkanes) is 4. The summed E-state index contributed by atoms with van der Waals surface area (Å²) in [6, 6.07) is 10.6. The topological polar surface area (TPSA) is 108 Å². The van der Waals surface area contributed by atoms with Crippen LogP contribution in [-0.4, -0.2) is 17.7 Å². The van der Waals surface area contributed by atoms with Gasteiger partial charge in [-0.1, -0.05) is 77.6 Å². The standard InChI is InChI=1S/C30H38N2O5/c1-5-7-9-14-25(33)32-29-21-17-16-20(19(3)4)18-24(21)36-30(29,37-26(34)15-10-8-6-2)22-12-11-13-23(31)27(22)28(29)35/h11-13,16-19H,5-10,14-15,31H2,1-4H3,(H,32,33). The molecule has 0 spiro atoms. The van der Waals surface area contributed by atoms with Crippen LogP contribution in [0.25, 0.3) is 0 Å².